The number of anilines is 1. The van der Waals surface area contributed by atoms with Gasteiger partial charge in [-0.25, -0.2) is 4.98 Å². The second-order valence-corrected chi connectivity index (χ2v) is 8.32. The minimum absolute atomic E-state index is 0.258. The largest absolute Gasteiger partial charge is 0.296 e. The van der Waals surface area contributed by atoms with Gasteiger partial charge in [-0.15, -0.1) is 10.2 Å². The number of carbonyl (C=O) groups is 1. The maximum atomic E-state index is 13.2. The van der Waals surface area contributed by atoms with Crippen molar-refractivity contribution in [3.05, 3.63) is 68.6 Å². The number of amides is 1. The zero-order valence-corrected chi connectivity index (χ0v) is 18.0. The van der Waals surface area contributed by atoms with Crippen LogP contribution in [0, 0.1) is 6.92 Å². The molecule has 0 aliphatic heterocycles. The molecule has 2 aromatic carbocycles. The van der Waals surface area contributed by atoms with Crippen LogP contribution in [0.2, 0.25) is 10.0 Å². The minimum atomic E-state index is -0.258. The fraction of sp³-hybridized carbons (Fsp3) is 0.143. The van der Waals surface area contributed by atoms with E-state index in [2.05, 4.69) is 15.5 Å². The zero-order chi connectivity index (χ0) is 20.5. The third-order valence-corrected chi connectivity index (χ3v) is 6.07. The number of para-hydroxylation sites is 1. The van der Waals surface area contributed by atoms with E-state index in [1.807, 2.05) is 44.2 Å². The highest BCUT2D eigenvalue weighted by atomic mass is 35.5. The van der Waals surface area contributed by atoms with Gasteiger partial charge in [-0.3, -0.25) is 10.1 Å². The normalized spacial score (nSPS) is 11.0. The Morgan fingerprint density at radius 2 is 1.93 bits per heavy atom. The fourth-order valence-corrected chi connectivity index (χ4v) is 4.32. The van der Waals surface area contributed by atoms with Crippen LogP contribution in [0.1, 0.15) is 27.9 Å². The number of rotatable bonds is 4. The quantitative estimate of drug-likeness (QED) is 0.409. The number of pyridine rings is 1. The summed E-state index contributed by atoms with van der Waals surface area (Å²) >= 11 is 13.8. The van der Waals surface area contributed by atoms with E-state index in [9.17, 15) is 4.79 Å². The molecule has 1 N–H and O–H groups in total. The summed E-state index contributed by atoms with van der Waals surface area (Å²) in [6.45, 7) is 3.86. The first-order valence-corrected chi connectivity index (χ1v) is 10.5. The third-order valence-electron chi connectivity index (χ3n) is 4.54. The van der Waals surface area contributed by atoms with Gasteiger partial charge in [-0.2, -0.15) is 0 Å². The van der Waals surface area contributed by atoms with Gasteiger partial charge in [-0.05, 0) is 43.2 Å². The molecule has 0 atom stereocenters. The Hall–Kier alpha value is -2.54. The van der Waals surface area contributed by atoms with Crippen LogP contribution in [0.25, 0.3) is 22.2 Å². The van der Waals surface area contributed by atoms with E-state index in [0.717, 1.165) is 27.9 Å². The molecule has 0 unspecified atom stereocenters. The van der Waals surface area contributed by atoms with Crippen molar-refractivity contribution in [2.24, 2.45) is 0 Å². The van der Waals surface area contributed by atoms with Gasteiger partial charge in [-0.1, -0.05) is 59.7 Å². The predicted molar refractivity (Wildman–Crippen MR) is 119 cm³/mol. The van der Waals surface area contributed by atoms with Crippen LogP contribution < -0.4 is 5.32 Å². The Morgan fingerprint density at radius 3 is 2.66 bits per heavy atom. The van der Waals surface area contributed by atoms with Gasteiger partial charge in [0.25, 0.3) is 5.91 Å². The van der Waals surface area contributed by atoms with Crippen molar-refractivity contribution < 1.29 is 4.79 Å². The summed E-state index contributed by atoms with van der Waals surface area (Å²) in [6.07, 6.45) is 0.768. The number of hydrogen-bond acceptors (Lipinski definition) is 5. The van der Waals surface area contributed by atoms with Crippen LogP contribution >= 0.6 is 34.5 Å². The minimum Gasteiger partial charge on any atom is -0.296 e. The van der Waals surface area contributed by atoms with Gasteiger partial charge < -0.3 is 0 Å². The van der Waals surface area contributed by atoms with Crippen molar-refractivity contribution in [2.45, 2.75) is 20.3 Å². The van der Waals surface area contributed by atoms with E-state index in [0.29, 0.717) is 32.0 Å². The summed E-state index contributed by atoms with van der Waals surface area (Å²) in [5, 5.41) is 14.1. The van der Waals surface area contributed by atoms with Crippen molar-refractivity contribution in [3.63, 3.8) is 0 Å². The second-order valence-electron chi connectivity index (χ2n) is 6.41. The third kappa shape index (κ3) is 3.83. The number of aryl methyl sites for hydroxylation is 1. The van der Waals surface area contributed by atoms with Crippen LogP contribution in [-0.2, 0) is 6.42 Å². The average molecular weight is 443 g/mol. The maximum Gasteiger partial charge on any atom is 0.258 e. The lowest BCUT2D eigenvalue weighted by molar-refractivity contribution is 0.102. The van der Waals surface area contributed by atoms with Crippen molar-refractivity contribution >= 4 is 56.5 Å². The van der Waals surface area contributed by atoms with Crippen LogP contribution in [0.5, 0.6) is 0 Å². The number of carbonyl (C=O) groups excluding carboxylic acids is 1. The van der Waals surface area contributed by atoms with Gasteiger partial charge >= 0.3 is 0 Å². The van der Waals surface area contributed by atoms with E-state index < -0.39 is 0 Å². The molecule has 0 bridgehead atoms. The van der Waals surface area contributed by atoms with Crippen molar-refractivity contribution in [2.75, 3.05) is 5.32 Å². The molecule has 1 amide bonds. The second kappa shape index (κ2) is 8.06. The van der Waals surface area contributed by atoms with E-state index >= 15 is 0 Å². The zero-order valence-electron chi connectivity index (χ0n) is 15.7. The maximum absolute atomic E-state index is 13.2. The van der Waals surface area contributed by atoms with Crippen molar-refractivity contribution in [1.29, 1.82) is 0 Å². The molecule has 29 heavy (non-hydrogen) atoms. The molecule has 0 saturated heterocycles. The molecule has 0 spiro atoms. The molecule has 0 fully saturated rings. The highest BCUT2D eigenvalue weighted by Gasteiger charge is 2.21. The summed E-state index contributed by atoms with van der Waals surface area (Å²) in [6, 6.07) is 12.8. The number of halogens is 2. The van der Waals surface area contributed by atoms with E-state index in [-0.39, 0.29) is 5.91 Å². The van der Waals surface area contributed by atoms with E-state index in [1.165, 1.54) is 11.3 Å². The molecule has 4 rings (SSSR count). The highest BCUT2D eigenvalue weighted by molar-refractivity contribution is 7.15. The Labute approximate surface area is 181 Å². The topological polar surface area (TPSA) is 67.8 Å². The van der Waals surface area contributed by atoms with Gasteiger partial charge in [0.15, 0.2) is 0 Å². The van der Waals surface area contributed by atoms with Gasteiger partial charge in [0.05, 0.1) is 21.8 Å². The number of nitrogens with one attached hydrogen (secondary N) is 1. The highest BCUT2D eigenvalue weighted by Crippen LogP contribution is 2.35. The first-order valence-electron chi connectivity index (χ1n) is 8.96. The molecule has 146 valence electrons. The molecule has 0 aliphatic carbocycles. The summed E-state index contributed by atoms with van der Waals surface area (Å²) in [7, 11) is 0. The number of fused-ring (bicyclic) bond motifs is 1. The van der Waals surface area contributed by atoms with Crippen LogP contribution in [0.3, 0.4) is 0 Å². The SMILES string of the molecule is CCc1nnc(NC(=O)c2c(C)c(-c3ccc(Cl)cc3Cl)nc3ccccc23)s1. The number of nitrogens with zero attached hydrogens (tertiary/aromatic N) is 3. The molecule has 0 aliphatic rings. The average Bonchev–Trinajstić information content (AvgIpc) is 3.15. The standard InChI is InChI=1S/C21H16Cl2N4OS/c1-3-17-26-27-21(29-17)25-20(28)18-11(2)19(13-9-8-12(22)10-15(13)23)24-16-7-5-4-6-14(16)18/h4-10H,3H2,1-2H3,(H,25,27,28). The Bertz CT molecular complexity index is 1240. The molecule has 4 aromatic rings. The van der Waals surface area contributed by atoms with Gasteiger partial charge in [0.1, 0.15) is 5.01 Å². The lowest BCUT2D eigenvalue weighted by Gasteiger charge is -2.15. The van der Waals surface area contributed by atoms with Crippen molar-refractivity contribution in [3.8, 4) is 11.3 Å². The lowest BCUT2D eigenvalue weighted by atomic mass is 9.97. The Morgan fingerprint density at radius 1 is 1.14 bits per heavy atom. The summed E-state index contributed by atoms with van der Waals surface area (Å²) in [5.41, 5.74) is 3.32. The molecule has 2 aromatic heterocycles. The smallest absolute Gasteiger partial charge is 0.258 e. The molecule has 8 heteroatoms. The van der Waals surface area contributed by atoms with Gasteiger partial charge in [0.2, 0.25) is 5.13 Å². The number of aromatic nitrogens is 3. The summed E-state index contributed by atoms with van der Waals surface area (Å²) in [4.78, 5) is 18.0. The molecular formula is C21H16Cl2N4OS. The molecular weight excluding hydrogens is 427 g/mol. The number of benzene rings is 2. The number of hydrogen-bond donors (Lipinski definition) is 1. The van der Waals surface area contributed by atoms with Gasteiger partial charge in [0, 0.05) is 16.0 Å². The predicted octanol–water partition coefficient (Wildman–Crippen LogP) is 6.18. The summed E-state index contributed by atoms with van der Waals surface area (Å²) in [5.74, 6) is -0.258. The van der Waals surface area contributed by atoms with Crippen LogP contribution in [0.15, 0.2) is 42.5 Å². The molecule has 5 nitrogen and oxygen atoms in total. The van der Waals surface area contributed by atoms with E-state index in [1.54, 1.807) is 12.1 Å². The Balaban J connectivity index is 1.87. The van der Waals surface area contributed by atoms with Crippen molar-refractivity contribution in [1.82, 2.24) is 15.2 Å². The molecule has 0 saturated carbocycles. The monoisotopic (exact) mass is 442 g/mol. The summed E-state index contributed by atoms with van der Waals surface area (Å²) < 4.78 is 0. The van der Waals surface area contributed by atoms with Crippen LogP contribution in [0.4, 0.5) is 5.13 Å². The lowest BCUT2D eigenvalue weighted by Crippen LogP contribution is -2.15. The fourth-order valence-electron chi connectivity index (χ4n) is 3.15. The Kier molecular flexibility index (Phi) is 5.50. The van der Waals surface area contributed by atoms with Crippen LogP contribution in [-0.4, -0.2) is 21.1 Å². The first-order chi connectivity index (χ1) is 14.0. The van der Waals surface area contributed by atoms with E-state index in [4.69, 9.17) is 28.2 Å². The molecule has 2 heterocycles. The molecule has 0 radical (unpaired) electrons. The first kappa shape index (κ1) is 19.8.